The van der Waals surface area contributed by atoms with Gasteiger partial charge in [0.05, 0.1) is 24.2 Å². The summed E-state index contributed by atoms with van der Waals surface area (Å²) in [5.41, 5.74) is 3.09. The molecule has 3 atom stereocenters. The van der Waals surface area contributed by atoms with Gasteiger partial charge in [-0.25, -0.2) is 15.1 Å². The van der Waals surface area contributed by atoms with Crippen molar-refractivity contribution in [2.45, 2.75) is 63.8 Å². The van der Waals surface area contributed by atoms with E-state index in [9.17, 15) is 4.79 Å². The van der Waals surface area contributed by atoms with E-state index in [0.717, 1.165) is 11.0 Å². The van der Waals surface area contributed by atoms with Crippen LogP contribution in [0, 0.1) is 0 Å². The number of hydrazine groups is 1. The number of carbonyl (C=O) groups is 1. The van der Waals surface area contributed by atoms with Crippen molar-refractivity contribution in [1.29, 1.82) is 0 Å². The second-order valence-corrected chi connectivity index (χ2v) is 12.0. The number of halogens is 1. The zero-order valence-corrected chi connectivity index (χ0v) is 25.7. The molecule has 0 aliphatic heterocycles. The van der Waals surface area contributed by atoms with Crippen molar-refractivity contribution in [2.24, 2.45) is 0 Å². The second-order valence-electron chi connectivity index (χ2n) is 9.80. The molecule has 0 bridgehead atoms. The van der Waals surface area contributed by atoms with Crippen LogP contribution in [0.2, 0.25) is 5.02 Å². The number of ether oxygens (including phenoxy) is 2. The Kier molecular flexibility index (Phi) is 10.9. The first-order valence-corrected chi connectivity index (χ1v) is 15.8. The lowest BCUT2D eigenvalue weighted by Crippen LogP contribution is -2.40. The fourth-order valence-electron chi connectivity index (χ4n) is 4.06. The maximum Gasteiger partial charge on any atom is 0.327 e. The van der Waals surface area contributed by atoms with Crippen LogP contribution in [0.3, 0.4) is 0 Å². The Hall–Kier alpha value is -2.18. The van der Waals surface area contributed by atoms with E-state index < -0.39 is 14.1 Å². The van der Waals surface area contributed by atoms with Gasteiger partial charge in [0, 0.05) is 24.4 Å². The zero-order valence-electron chi connectivity index (χ0n) is 23.2. The van der Waals surface area contributed by atoms with Gasteiger partial charge in [0.2, 0.25) is 0 Å². The van der Waals surface area contributed by atoms with Gasteiger partial charge in [0.15, 0.2) is 5.82 Å². The van der Waals surface area contributed by atoms with Crippen LogP contribution in [0.5, 0.6) is 5.75 Å². The molecule has 4 rings (SSSR count). The predicted molar refractivity (Wildman–Crippen MR) is 159 cm³/mol. The van der Waals surface area contributed by atoms with Gasteiger partial charge in [-0.05, 0) is 76.6 Å². The minimum atomic E-state index is -1.69. The Morgan fingerprint density at radius 2 is 1.95 bits per heavy atom. The van der Waals surface area contributed by atoms with E-state index in [4.69, 9.17) is 30.1 Å². The number of fused-ring (bicyclic) bond motifs is 1. The topological polar surface area (TPSA) is 121 Å². The van der Waals surface area contributed by atoms with Crippen LogP contribution < -0.4 is 19.9 Å². The minimum Gasteiger partial charge on any atom is -0.462 e. The highest BCUT2D eigenvalue weighted by Gasteiger charge is 2.54. The number of aromatic nitrogens is 3. The SMILES string of the molecule is COC(COP(NC1(C(=O)OC(C)C)CC1)Oc1ccc(Cl)cc1)CC(C)n1ccc2c(NNSC)ncnc21. The average Bonchev–Trinajstić information content (AvgIpc) is 3.59. The van der Waals surface area contributed by atoms with Crippen molar-refractivity contribution >= 4 is 54.9 Å². The van der Waals surface area contributed by atoms with Crippen LogP contribution in [0.15, 0.2) is 42.9 Å². The van der Waals surface area contributed by atoms with Crippen LogP contribution in [0.25, 0.3) is 11.0 Å². The molecule has 1 aliphatic carbocycles. The number of benzene rings is 1. The molecule has 3 unspecified atom stereocenters. The predicted octanol–water partition coefficient (Wildman–Crippen LogP) is 5.64. The van der Waals surface area contributed by atoms with Crippen molar-refractivity contribution in [3.63, 3.8) is 0 Å². The fourth-order valence-corrected chi connectivity index (χ4v) is 5.83. The van der Waals surface area contributed by atoms with Gasteiger partial charge in [-0.15, -0.1) is 0 Å². The summed E-state index contributed by atoms with van der Waals surface area (Å²) >= 11 is 7.49. The molecule has 2 heterocycles. The number of esters is 1. The molecule has 1 saturated carbocycles. The highest BCUT2D eigenvalue weighted by Crippen LogP contribution is 2.47. The number of nitrogens with one attached hydrogen (secondary N) is 3. The van der Waals surface area contributed by atoms with E-state index in [1.807, 2.05) is 32.4 Å². The molecular weight excluding hydrogens is 575 g/mol. The summed E-state index contributed by atoms with van der Waals surface area (Å²) in [7, 11) is -0.0373. The van der Waals surface area contributed by atoms with Crippen molar-refractivity contribution < 1.29 is 23.3 Å². The van der Waals surface area contributed by atoms with Crippen molar-refractivity contribution in [3.8, 4) is 5.75 Å². The first-order valence-electron chi connectivity index (χ1n) is 13.0. The average molecular weight is 611 g/mol. The molecule has 0 spiro atoms. The van der Waals surface area contributed by atoms with Crippen LogP contribution in [0.1, 0.15) is 46.1 Å². The quantitative estimate of drug-likeness (QED) is 0.0808. The van der Waals surface area contributed by atoms with Crippen LogP contribution in [0.4, 0.5) is 5.82 Å². The van der Waals surface area contributed by atoms with Gasteiger partial charge in [-0.1, -0.05) is 23.5 Å². The Labute approximate surface area is 245 Å². The normalized spacial score (nSPS) is 16.5. The van der Waals surface area contributed by atoms with Crippen LogP contribution in [-0.4, -0.2) is 58.2 Å². The van der Waals surface area contributed by atoms with Gasteiger partial charge in [0.1, 0.15) is 23.3 Å². The fraction of sp³-hybridized carbons (Fsp3) is 0.500. The summed E-state index contributed by atoms with van der Waals surface area (Å²) in [6, 6.07) is 9.06. The molecule has 0 amide bonds. The van der Waals surface area contributed by atoms with Gasteiger partial charge >= 0.3 is 14.5 Å². The number of rotatable bonds is 16. The van der Waals surface area contributed by atoms with Crippen molar-refractivity contribution in [3.05, 3.63) is 47.9 Å². The molecular formula is C26H36ClN6O5PS. The molecule has 3 N–H and O–H groups in total. The number of hydrogen-bond acceptors (Lipinski definition) is 11. The second kappa shape index (κ2) is 14.1. The van der Waals surface area contributed by atoms with Crippen LogP contribution >= 0.6 is 32.1 Å². The van der Waals surface area contributed by atoms with Gasteiger partial charge in [-0.3, -0.25) is 10.2 Å². The summed E-state index contributed by atoms with van der Waals surface area (Å²) in [6.07, 6.45) is 6.97. The number of anilines is 1. The Morgan fingerprint density at radius 1 is 1.20 bits per heavy atom. The van der Waals surface area contributed by atoms with E-state index in [0.29, 0.717) is 35.9 Å². The first-order chi connectivity index (χ1) is 19.2. The summed E-state index contributed by atoms with van der Waals surface area (Å²) in [6.45, 7) is 6.02. The monoisotopic (exact) mass is 610 g/mol. The summed E-state index contributed by atoms with van der Waals surface area (Å²) in [5, 5.41) is 4.81. The summed E-state index contributed by atoms with van der Waals surface area (Å²) in [4.78, 5) is 24.6. The van der Waals surface area contributed by atoms with Crippen molar-refractivity contribution in [1.82, 2.24) is 24.5 Å². The van der Waals surface area contributed by atoms with Gasteiger partial charge in [-0.2, -0.15) is 4.83 Å². The van der Waals surface area contributed by atoms with Crippen molar-refractivity contribution in [2.75, 3.05) is 25.4 Å². The Balaban J connectivity index is 1.43. The molecule has 0 saturated heterocycles. The molecule has 218 valence electrons. The molecule has 11 nitrogen and oxygen atoms in total. The number of carbonyl (C=O) groups excluding carboxylic acids is 1. The minimum absolute atomic E-state index is 0.0504. The van der Waals surface area contributed by atoms with E-state index in [-0.39, 0.29) is 30.8 Å². The largest absolute Gasteiger partial charge is 0.462 e. The number of methoxy groups -OCH3 is 1. The lowest BCUT2D eigenvalue weighted by molar-refractivity contribution is -0.150. The lowest BCUT2D eigenvalue weighted by atomic mass is 10.1. The molecule has 1 fully saturated rings. The Morgan fingerprint density at radius 3 is 2.60 bits per heavy atom. The molecule has 2 aromatic heterocycles. The lowest BCUT2D eigenvalue weighted by Gasteiger charge is -2.26. The molecule has 3 aromatic rings. The molecule has 14 heteroatoms. The Bertz CT molecular complexity index is 1260. The maximum atomic E-state index is 12.8. The summed E-state index contributed by atoms with van der Waals surface area (Å²) < 4.78 is 25.8. The smallest absolute Gasteiger partial charge is 0.327 e. The van der Waals surface area contributed by atoms with E-state index in [1.165, 1.54) is 18.3 Å². The molecule has 0 radical (unpaired) electrons. The first kappa shape index (κ1) is 30.8. The van der Waals surface area contributed by atoms with E-state index in [1.54, 1.807) is 31.4 Å². The third-order valence-corrected chi connectivity index (χ3v) is 8.29. The van der Waals surface area contributed by atoms with Crippen LogP contribution in [-0.2, 0) is 18.8 Å². The highest BCUT2D eigenvalue weighted by molar-refractivity contribution is 7.96. The molecule has 40 heavy (non-hydrogen) atoms. The number of nitrogens with zero attached hydrogens (tertiary/aromatic N) is 3. The highest BCUT2D eigenvalue weighted by atomic mass is 35.5. The zero-order chi connectivity index (χ0) is 28.7. The molecule has 1 aliphatic rings. The van der Waals surface area contributed by atoms with Gasteiger partial charge in [0.25, 0.3) is 0 Å². The standard InChI is InChI=1S/C26H36ClN6O5PS/c1-17(2)37-25(34)26(11-12-26)31-39(38-20-8-6-19(27)7-9-20)36-15-21(35-4)14-18(3)33-13-10-22-23(30-32-40-5)28-16-29-24(22)33/h6-10,13,16-18,21,31-32H,11-12,14-15H2,1-5H3,(H,28,29,30). The van der Waals surface area contributed by atoms with E-state index in [2.05, 4.69) is 36.8 Å². The van der Waals surface area contributed by atoms with E-state index >= 15 is 0 Å². The van der Waals surface area contributed by atoms with Gasteiger partial charge < -0.3 is 23.1 Å². The summed E-state index contributed by atoms with van der Waals surface area (Å²) in [5.74, 6) is 0.994. The maximum absolute atomic E-state index is 12.8. The third-order valence-electron chi connectivity index (χ3n) is 6.36. The molecule has 1 aromatic carbocycles. The third kappa shape index (κ3) is 7.97. The number of hydrogen-bond donors (Lipinski definition) is 3.